The molecule has 2 aromatic rings. The second-order valence-electron chi connectivity index (χ2n) is 6.53. The molecule has 122 valence electrons. The van der Waals surface area contributed by atoms with Crippen molar-refractivity contribution in [2.45, 2.75) is 31.5 Å². The normalized spacial score (nSPS) is 27.4. The summed E-state index contributed by atoms with van der Waals surface area (Å²) in [7, 11) is 0. The Hall–Kier alpha value is -1.92. The van der Waals surface area contributed by atoms with E-state index in [4.69, 9.17) is 4.74 Å². The van der Waals surface area contributed by atoms with E-state index in [0.29, 0.717) is 24.2 Å². The molecule has 0 aliphatic carbocycles. The van der Waals surface area contributed by atoms with Crippen molar-refractivity contribution < 1.29 is 19.0 Å². The highest BCUT2D eigenvalue weighted by atomic mass is 19.1. The number of halogens is 1. The number of aromatic amines is 1. The highest BCUT2D eigenvalue weighted by Crippen LogP contribution is 2.36. The molecule has 2 aliphatic heterocycles. The van der Waals surface area contributed by atoms with E-state index in [9.17, 15) is 14.3 Å². The van der Waals surface area contributed by atoms with Gasteiger partial charge in [-0.2, -0.15) is 0 Å². The van der Waals surface area contributed by atoms with Gasteiger partial charge in [0.05, 0.1) is 6.54 Å². The van der Waals surface area contributed by atoms with Crippen molar-refractivity contribution in [1.29, 1.82) is 0 Å². The third kappa shape index (κ3) is 2.16. The Labute approximate surface area is 133 Å². The first-order valence-corrected chi connectivity index (χ1v) is 7.89. The molecular formula is C17H19FN2O3. The number of aliphatic hydroxyl groups excluding tert-OH is 1. The number of nitrogens with zero attached hydrogens (tertiary/aromatic N) is 1. The first kappa shape index (κ1) is 14.7. The van der Waals surface area contributed by atoms with E-state index < -0.39 is 11.7 Å². The van der Waals surface area contributed by atoms with Crippen LogP contribution in [0.1, 0.15) is 28.9 Å². The fourth-order valence-electron chi connectivity index (χ4n) is 3.80. The molecule has 1 amide bonds. The molecule has 1 aromatic heterocycles. The van der Waals surface area contributed by atoms with Crippen LogP contribution < -0.4 is 0 Å². The predicted octanol–water partition coefficient (Wildman–Crippen LogP) is 1.98. The van der Waals surface area contributed by atoms with Crippen LogP contribution in [0.2, 0.25) is 0 Å². The third-order valence-electron chi connectivity index (χ3n) is 5.11. The fraction of sp³-hybridized carbons (Fsp3) is 0.471. The van der Waals surface area contributed by atoms with Crippen molar-refractivity contribution in [2.75, 3.05) is 19.7 Å². The first-order chi connectivity index (χ1) is 11.0. The van der Waals surface area contributed by atoms with Crippen LogP contribution in [0.4, 0.5) is 4.39 Å². The molecule has 2 aliphatic rings. The van der Waals surface area contributed by atoms with E-state index in [0.717, 1.165) is 23.9 Å². The third-order valence-corrected chi connectivity index (χ3v) is 5.11. The van der Waals surface area contributed by atoms with E-state index in [1.165, 1.54) is 12.1 Å². The lowest BCUT2D eigenvalue weighted by molar-refractivity contribution is -0.0590. The van der Waals surface area contributed by atoms with Crippen LogP contribution in [-0.2, 0) is 4.74 Å². The minimum absolute atomic E-state index is 0.175. The van der Waals surface area contributed by atoms with E-state index >= 15 is 0 Å². The van der Waals surface area contributed by atoms with Crippen LogP contribution >= 0.6 is 0 Å². The number of fused-ring (bicyclic) bond motifs is 1. The van der Waals surface area contributed by atoms with E-state index in [-0.39, 0.29) is 18.3 Å². The van der Waals surface area contributed by atoms with Crippen molar-refractivity contribution in [2.24, 2.45) is 0 Å². The summed E-state index contributed by atoms with van der Waals surface area (Å²) in [4.78, 5) is 17.6. The number of ether oxygens (including phenoxy) is 1. The molecule has 0 bridgehead atoms. The molecule has 0 saturated carbocycles. The Morgan fingerprint density at radius 3 is 3.09 bits per heavy atom. The number of amides is 1. The number of rotatable bonds is 1. The van der Waals surface area contributed by atoms with Crippen molar-refractivity contribution in [3.63, 3.8) is 0 Å². The van der Waals surface area contributed by atoms with Crippen LogP contribution in [0.25, 0.3) is 10.9 Å². The summed E-state index contributed by atoms with van der Waals surface area (Å²) < 4.78 is 19.2. The van der Waals surface area contributed by atoms with E-state index in [1.54, 1.807) is 17.9 Å². The van der Waals surface area contributed by atoms with Crippen LogP contribution in [-0.4, -0.2) is 52.3 Å². The lowest BCUT2D eigenvalue weighted by atomic mass is 9.97. The van der Waals surface area contributed by atoms with Gasteiger partial charge in [-0.05, 0) is 43.5 Å². The molecule has 1 aromatic carbocycles. The van der Waals surface area contributed by atoms with Gasteiger partial charge in [-0.3, -0.25) is 4.79 Å². The molecule has 2 fully saturated rings. The summed E-state index contributed by atoms with van der Waals surface area (Å²) in [5, 5.41) is 11.0. The van der Waals surface area contributed by atoms with Crippen LogP contribution in [0, 0.1) is 12.7 Å². The quantitative estimate of drug-likeness (QED) is 0.845. The lowest BCUT2D eigenvalue weighted by Gasteiger charge is -2.25. The number of benzene rings is 1. The van der Waals surface area contributed by atoms with Gasteiger partial charge in [-0.25, -0.2) is 4.39 Å². The lowest BCUT2D eigenvalue weighted by Crippen LogP contribution is -2.41. The molecule has 2 N–H and O–H groups in total. The van der Waals surface area contributed by atoms with Crippen molar-refractivity contribution >= 4 is 16.8 Å². The molecule has 23 heavy (non-hydrogen) atoms. The van der Waals surface area contributed by atoms with Gasteiger partial charge >= 0.3 is 0 Å². The topological polar surface area (TPSA) is 65.6 Å². The van der Waals surface area contributed by atoms with Gasteiger partial charge in [0.15, 0.2) is 0 Å². The van der Waals surface area contributed by atoms with E-state index in [2.05, 4.69) is 4.98 Å². The molecule has 4 rings (SSSR count). The van der Waals surface area contributed by atoms with Gasteiger partial charge < -0.3 is 19.7 Å². The number of β-amino-alcohol motifs (C(OH)–C–C–N with tert-alkyl or cyclic N) is 1. The van der Waals surface area contributed by atoms with Gasteiger partial charge in [0, 0.05) is 24.1 Å². The number of nitrogens with one attached hydrogen (secondary N) is 1. The second kappa shape index (κ2) is 5.04. The number of likely N-dealkylation sites (tertiary alicyclic amines) is 1. The Balaban J connectivity index is 1.66. The highest BCUT2D eigenvalue weighted by molar-refractivity contribution is 6.01. The van der Waals surface area contributed by atoms with Gasteiger partial charge in [0.25, 0.3) is 5.91 Å². The highest BCUT2D eigenvalue weighted by Gasteiger charge is 2.50. The summed E-state index contributed by atoms with van der Waals surface area (Å²) in [6.45, 7) is 3.10. The number of aromatic nitrogens is 1. The van der Waals surface area contributed by atoms with Gasteiger partial charge in [-0.1, -0.05) is 0 Å². The zero-order chi connectivity index (χ0) is 16.2. The molecular weight excluding hydrogens is 299 g/mol. The zero-order valence-corrected chi connectivity index (χ0v) is 12.9. The summed E-state index contributed by atoms with van der Waals surface area (Å²) >= 11 is 0. The standard InChI is InChI=1S/C17H19FN2O3/c1-10-12-7-11(18)3-4-13(12)19-15(10)16(22)20-8-14(21)17(9-20)5-2-6-23-17/h3-4,7,14,19,21H,2,5-6,8-9H2,1H3/t14-,17-/m0/s1. The Kier molecular flexibility index (Phi) is 3.21. The number of aryl methyl sites for hydroxylation is 1. The average molecular weight is 318 g/mol. The fourth-order valence-corrected chi connectivity index (χ4v) is 3.80. The maximum absolute atomic E-state index is 13.4. The number of carbonyl (C=O) groups is 1. The molecule has 3 heterocycles. The molecule has 0 radical (unpaired) electrons. The summed E-state index contributed by atoms with van der Waals surface area (Å²) in [5.41, 5.74) is 1.31. The molecule has 5 nitrogen and oxygen atoms in total. The smallest absolute Gasteiger partial charge is 0.270 e. The van der Waals surface area contributed by atoms with E-state index in [1.807, 2.05) is 0 Å². The number of H-pyrrole nitrogens is 1. The van der Waals surface area contributed by atoms with Gasteiger partial charge in [0.2, 0.25) is 0 Å². The van der Waals surface area contributed by atoms with Crippen LogP contribution in [0.15, 0.2) is 18.2 Å². The minimum atomic E-state index is -0.656. The van der Waals surface area contributed by atoms with Crippen LogP contribution in [0.5, 0.6) is 0 Å². The molecule has 2 saturated heterocycles. The monoisotopic (exact) mass is 318 g/mol. The Morgan fingerprint density at radius 1 is 1.52 bits per heavy atom. The van der Waals surface area contributed by atoms with Crippen molar-refractivity contribution in [3.05, 3.63) is 35.3 Å². The summed E-state index contributed by atoms with van der Waals surface area (Å²) in [6, 6.07) is 4.43. The number of carbonyl (C=O) groups excluding carboxylic acids is 1. The maximum Gasteiger partial charge on any atom is 0.270 e. The Morgan fingerprint density at radius 2 is 2.35 bits per heavy atom. The SMILES string of the molecule is Cc1c(C(=O)N2C[C@H](O)[C@]3(CCCO3)C2)[nH]c2ccc(F)cc12. The van der Waals surface area contributed by atoms with Crippen molar-refractivity contribution in [1.82, 2.24) is 9.88 Å². The van der Waals surface area contributed by atoms with Crippen molar-refractivity contribution in [3.8, 4) is 0 Å². The molecule has 1 spiro atoms. The maximum atomic E-state index is 13.4. The minimum Gasteiger partial charge on any atom is -0.388 e. The van der Waals surface area contributed by atoms with Gasteiger partial charge in [-0.15, -0.1) is 0 Å². The number of aliphatic hydroxyl groups is 1. The predicted molar refractivity (Wildman–Crippen MR) is 82.8 cm³/mol. The summed E-state index contributed by atoms with van der Waals surface area (Å²) in [5.74, 6) is -0.501. The number of hydrogen-bond donors (Lipinski definition) is 2. The molecule has 2 atom stereocenters. The Bertz CT molecular complexity index is 779. The summed E-state index contributed by atoms with van der Waals surface area (Å²) in [6.07, 6.45) is 1.02. The first-order valence-electron chi connectivity index (χ1n) is 7.89. The number of hydrogen-bond acceptors (Lipinski definition) is 3. The largest absolute Gasteiger partial charge is 0.388 e. The molecule has 0 unspecified atom stereocenters. The zero-order valence-electron chi connectivity index (χ0n) is 12.9. The van der Waals surface area contributed by atoms with Gasteiger partial charge in [0.1, 0.15) is 23.2 Å². The molecule has 6 heteroatoms. The second-order valence-corrected chi connectivity index (χ2v) is 6.53. The average Bonchev–Trinajstić information content (AvgIpc) is 3.21. The van der Waals surface area contributed by atoms with Crippen LogP contribution in [0.3, 0.4) is 0 Å².